The van der Waals surface area contributed by atoms with Gasteiger partial charge in [0, 0.05) is 16.5 Å². The molecule has 5 rings (SSSR count). The van der Waals surface area contributed by atoms with Gasteiger partial charge in [0.2, 0.25) is 0 Å². The Hall–Kier alpha value is -2.59. The average molecular weight is 393 g/mol. The van der Waals surface area contributed by atoms with Crippen LogP contribution in [-0.4, -0.2) is 4.98 Å². The lowest BCUT2D eigenvalue weighted by atomic mass is 9.94. The first-order valence-corrected chi connectivity index (χ1v) is 9.32. The van der Waals surface area contributed by atoms with Gasteiger partial charge in [-0.25, -0.2) is 4.98 Å². The van der Waals surface area contributed by atoms with Crippen LogP contribution in [0.2, 0.25) is 10.0 Å². The molecule has 1 N–H and O–H groups in total. The van der Waals surface area contributed by atoms with Gasteiger partial charge in [0.15, 0.2) is 0 Å². The number of halogens is 2. The molecular formula is C22H14Cl2N2O. The summed E-state index contributed by atoms with van der Waals surface area (Å²) in [7, 11) is 0. The monoisotopic (exact) mass is 392 g/mol. The minimum Gasteiger partial charge on any atom is -0.265 e. The summed E-state index contributed by atoms with van der Waals surface area (Å²) in [6, 6.07) is 23.7. The molecular weight excluding hydrogens is 379 g/mol. The summed E-state index contributed by atoms with van der Waals surface area (Å²) < 4.78 is 0. The zero-order valence-electron chi connectivity index (χ0n) is 14.1. The summed E-state index contributed by atoms with van der Waals surface area (Å²) in [5, 5.41) is 2.04. The highest BCUT2D eigenvalue weighted by Gasteiger charge is 2.32. The molecule has 0 saturated heterocycles. The zero-order valence-corrected chi connectivity index (χ0v) is 15.6. The Morgan fingerprint density at radius 3 is 2.44 bits per heavy atom. The largest absolute Gasteiger partial charge is 0.265 e. The molecule has 1 aromatic heterocycles. The Morgan fingerprint density at radius 2 is 1.63 bits per heavy atom. The van der Waals surface area contributed by atoms with Gasteiger partial charge in [-0.05, 0) is 23.8 Å². The quantitative estimate of drug-likeness (QED) is 0.414. The van der Waals surface area contributed by atoms with Gasteiger partial charge in [-0.3, -0.25) is 10.3 Å². The van der Waals surface area contributed by atoms with Crippen LogP contribution in [0.3, 0.4) is 0 Å². The summed E-state index contributed by atoms with van der Waals surface area (Å²) in [6.45, 7) is 0. The van der Waals surface area contributed by atoms with E-state index < -0.39 is 0 Å². The van der Waals surface area contributed by atoms with Gasteiger partial charge in [-0.15, -0.1) is 0 Å². The molecule has 0 amide bonds. The van der Waals surface area contributed by atoms with Gasteiger partial charge >= 0.3 is 0 Å². The van der Waals surface area contributed by atoms with Crippen molar-refractivity contribution in [3.63, 3.8) is 0 Å². The molecule has 0 aliphatic carbocycles. The molecule has 0 radical (unpaired) electrons. The van der Waals surface area contributed by atoms with Gasteiger partial charge < -0.3 is 0 Å². The second kappa shape index (κ2) is 6.54. The Balaban J connectivity index is 1.79. The summed E-state index contributed by atoms with van der Waals surface area (Å²) in [5.74, 6) is 0. The van der Waals surface area contributed by atoms with E-state index in [1.165, 1.54) is 0 Å². The predicted molar refractivity (Wildman–Crippen MR) is 110 cm³/mol. The predicted octanol–water partition coefficient (Wildman–Crippen LogP) is 6.66. The normalized spacial score (nSPS) is 15.6. The molecule has 5 heteroatoms. The van der Waals surface area contributed by atoms with Crippen molar-refractivity contribution in [3.05, 3.63) is 94.0 Å². The molecule has 0 bridgehead atoms. The van der Waals surface area contributed by atoms with Crippen LogP contribution in [0.1, 0.15) is 17.2 Å². The van der Waals surface area contributed by atoms with Gasteiger partial charge in [-0.1, -0.05) is 77.8 Å². The number of nitrogens with one attached hydrogen (secondary N) is 1. The highest BCUT2D eigenvalue weighted by molar-refractivity contribution is 6.42. The molecule has 3 nitrogen and oxygen atoms in total. The van der Waals surface area contributed by atoms with E-state index in [2.05, 4.69) is 17.6 Å². The fraction of sp³-hybridized carbons (Fsp3) is 0.0455. The number of benzene rings is 3. The van der Waals surface area contributed by atoms with E-state index >= 15 is 0 Å². The maximum absolute atomic E-state index is 6.25. The smallest absolute Gasteiger partial charge is 0.140 e. The van der Waals surface area contributed by atoms with Crippen LogP contribution in [0.25, 0.3) is 22.2 Å². The van der Waals surface area contributed by atoms with Crippen molar-refractivity contribution >= 4 is 39.8 Å². The van der Waals surface area contributed by atoms with Crippen LogP contribution in [0.5, 0.6) is 0 Å². The molecule has 27 heavy (non-hydrogen) atoms. The number of hydrogen-bond donors (Lipinski definition) is 1. The molecule has 1 aliphatic rings. The number of nitrogens with zero attached hydrogens (tertiary/aromatic N) is 1. The van der Waals surface area contributed by atoms with E-state index in [1.807, 2.05) is 54.6 Å². The van der Waals surface area contributed by atoms with Crippen LogP contribution in [0.15, 0.2) is 72.8 Å². The van der Waals surface area contributed by atoms with Crippen LogP contribution < -0.4 is 5.48 Å². The van der Waals surface area contributed by atoms with Crippen LogP contribution in [0, 0.1) is 0 Å². The van der Waals surface area contributed by atoms with Crippen molar-refractivity contribution in [3.8, 4) is 11.3 Å². The Kier molecular flexibility index (Phi) is 4.01. The molecule has 2 heterocycles. The number of pyridine rings is 1. The van der Waals surface area contributed by atoms with Crippen molar-refractivity contribution in [2.45, 2.75) is 6.10 Å². The van der Waals surface area contributed by atoms with Crippen LogP contribution >= 0.6 is 23.2 Å². The van der Waals surface area contributed by atoms with Crippen LogP contribution in [0.4, 0.5) is 5.69 Å². The van der Waals surface area contributed by atoms with Gasteiger partial charge in [-0.2, -0.15) is 0 Å². The zero-order chi connectivity index (χ0) is 18.4. The molecule has 1 aliphatic heterocycles. The minimum atomic E-state index is -0.331. The Bertz CT molecular complexity index is 1160. The first-order valence-electron chi connectivity index (χ1n) is 8.57. The molecule has 0 spiro atoms. The lowest BCUT2D eigenvalue weighted by Crippen LogP contribution is -2.02. The Labute approximate surface area is 166 Å². The molecule has 0 fully saturated rings. The third kappa shape index (κ3) is 2.76. The number of rotatable bonds is 2. The maximum atomic E-state index is 6.25. The fourth-order valence-electron chi connectivity index (χ4n) is 3.49. The highest BCUT2D eigenvalue weighted by Crippen LogP contribution is 2.46. The molecule has 132 valence electrons. The summed E-state index contributed by atoms with van der Waals surface area (Å²) in [5.41, 5.74) is 8.83. The first kappa shape index (κ1) is 16.6. The SMILES string of the molecule is Clc1ccc(C2ONc3c2c(-c2ccccc2)nc2ccccc32)cc1Cl. The number of anilines is 1. The lowest BCUT2D eigenvalue weighted by molar-refractivity contribution is 0.155. The number of fused-ring (bicyclic) bond motifs is 3. The summed E-state index contributed by atoms with van der Waals surface area (Å²) in [6.07, 6.45) is -0.331. The minimum absolute atomic E-state index is 0.331. The third-order valence-corrected chi connectivity index (χ3v) is 5.50. The van der Waals surface area contributed by atoms with E-state index in [1.54, 1.807) is 6.07 Å². The second-order valence-electron chi connectivity index (χ2n) is 6.41. The first-order chi connectivity index (χ1) is 13.2. The van der Waals surface area contributed by atoms with Crippen molar-refractivity contribution in [2.75, 3.05) is 5.48 Å². The average Bonchev–Trinajstić information content (AvgIpc) is 3.15. The number of aromatic nitrogens is 1. The van der Waals surface area contributed by atoms with Gasteiger partial charge in [0.25, 0.3) is 0 Å². The number of hydrogen-bond acceptors (Lipinski definition) is 3. The van der Waals surface area contributed by atoms with Gasteiger partial charge in [0.1, 0.15) is 6.10 Å². The standard InChI is InChI=1S/C22H14Cl2N2O/c23-16-11-10-14(12-17(16)24)22-19-20(13-6-2-1-3-7-13)25-18-9-5-4-8-15(18)21(19)26-27-22/h1-12,22,26H. The Morgan fingerprint density at radius 1 is 0.852 bits per heavy atom. The van der Waals surface area contributed by atoms with Crippen molar-refractivity contribution in [1.29, 1.82) is 0 Å². The van der Waals surface area contributed by atoms with E-state index in [0.717, 1.165) is 39.0 Å². The fourth-order valence-corrected chi connectivity index (χ4v) is 3.80. The second-order valence-corrected chi connectivity index (χ2v) is 7.22. The van der Waals surface area contributed by atoms with Crippen molar-refractivity contribution in [1.82, 2.24) is 4.98 Å². The maximum Gasteiger partial charge on any atom is 0.140 e. The van der Waals surface area contributed by atoms with E-state index in [-0.39, 0.29) is 6.10 Å². The van der Waals surface area contributed by atoms with E-state index in [9.17, 15) is 0 Å². The molecule has 4 aromatic rings. The van der Waals surface area contributed by atoms with Crippen molar-refractivity contribution in [2.24, 2.45) is 0 Å². The number of para-hydroxylation sites is 1. The highest BCUT2D eigenvalue weighted by atomic mass is 35.5. The summed E-state index contributed by atoms with van der Waals surface area (Å²) in [4.78, 5) is 10.9. The lowest BCUT2D eigenvalue weighted by Gasteiger charge is -2.15. The van der Waals surface area contributed by atoms with Crippen LogP contribution in [-0.2, 0) is 4.84 Å². The molecule has 1 unspecified atom stereocenters. The summed E-state index contributed by atoms with van der Waals surface area (Å²) >= 11 is 12.3. The van der Waals surface area contributed by atoms with E-state index in [4.69, 9.17) is 33.0 Å². The van der Waals surface area contributed by atoms with E-state index in [0.29, 0.717) is 10.0 Å². The van der Waals surface area contributed by atoms with Crippen molar-refractivity contribution < 1.29 is 4.84 Å². The molecule has 1 atom stereocenters. The van der Waals surface area contributed by atoms with Gasteiger partial charge in [0.05, 0.1) is 26.9 Å². The third-order valence-electron chi connectivity index (χ3n) is 4.76. The topological polar surface area (TPSA) is 34.1 Å². The molecule has 3 aromatic carbocycles. The molecule has 0 saturated carbocycles.